The van der Waals surface area contributed by atoms with Crippen molar-refractivity contribution in [1.82, 2.24) is 5.32 Å². The van der Waals surface area contributed by atoms with E-state index >= 15 is 0 Å². The van der Waals surface area contributed by atoms with Crippen molar-refractivity contribution in [3.8, 4) is 0 Å². The van der Waals surface area contributed by atoms with E-state index in [-0.39, 0.29) is 17.0 Å². The van der Waals surface area contributed by atoms with Gasteiger partial charge in [0.1, 0.15) is 11.6 Å². The van der Waals surface area contributed by atoms with Gasteiger partial charge in [0.25, 0.3) is 0 Å². The number of ether oxygens (including phenoxy) is 1. The van der Waals surface area contributed by atoms with Gasteiger partial charge >= 0.3 is 0 Å². The predicted molar refractivity (Wildman–Crippen MR) is 66.5 cm³/mol. The molecule has 0 aliphatic carbocycles. The lowest BCUT2D eigenvalue weighted by Gasteiger charge is -2.28. The standard InChI is InChI=1S/C14H19F2NO/c1-2-17-9-14(5-6-18-10-14)8-11-7-12(15)3-4-13(11)16/h3-4,7,17H,2,5-6,8-10H2,1H3. The van der Waals surface area contributed by atoms with Crippen LogP contribution in [0.1, 0.15) is 18.9 Å². The Labute approximate surface area is 106 Å². The van der Waals surface area contributed by atoms with Crippen molar-refractivity contribution in [1.29, 1.82) is 0 Å². The van der Waals surface area contributed by atoms with Crippen LogP contribution in [0.2, 0.25) is 0 Å². The van der Waals surface area contributed by atoms with Gasteiger partial charge in [-0.2, -0.15) is 0 Å². The first-order valence-electron chi connectivity index (χ1n) is 6.38. The van der Waals surface area contributed by atoms with Gasteiger partial charge in [0.15, 0.2) is 0 Å². The maximum Gasteiger partial charge on any atom is 0.126 e. The minimum absolute atomic E-state index is 0.107. The van der Waals surface area contributed by atoms with Crippen LogP contribution in [0.15, 0.2) is 18.2 Å². The van der Waals surface area contributed by atoms with E-state index in [1.54, 1.807) is 0 Å². The van der Waals surface area contributed by atoms with Crippen LogP contribution in [-0.2, 0) is 11.2 Å². The van der Waals surface area contributed by atoms with Gasteiger partial charge in [0.2, 0.25) is 0 Å². The summed E-state index contributed by atoms with van der Waals surface area (Å²) in [4.78, 5) is 0. The Morgan fingerprint density at radius 1 is 1.39 bits per heavy atom. The van der Waals surface area contributed by atoms with Crippen LogP contribution in [0.25, 0.3) is 0 Å². The largest absolute Gasteiger partial charge is 0.381 e. The first-order valence-corrected chi connectivity index (χ1v) is 6.38. The van der Waals surface area contributed by atoms with Gasteiger partial charge in [-0.05, 0) is 43.1 Å². The van der Waals surface area contributed by atoms with Gasteiger partial charge < -0.3 is 10.1 Å². The number of nitrogens with one attached hydrogen (secondary N) is 1. The van der Waals surface area contributed by atoms with E-state index in [4.69, 9.17) is 4.74 Å². The molecule has 0 aromatic heterocycles. The van der Waals surface area contributed by atoms with Crippen LogP contribution >= 0.6 is 0 Å². The van der Waals surface area contributed by atoms with Crippen molar-refractivity contribution >= 4 is 0 Å². The number of rotatable bonds is 5. The molecule has 1 saturated heterocycles. The third-order valence-corrected chi connectivity index (χ3v) is 3.51. The number of hydrogen-bond donors (Lipinski definition) is 1. The van der Waals surface area contributed by atoms with Crippen LogP contribution in [0.5, 0.6) is 0 Å². The zero-order valence-corrected chi connectivity index (χ0v) is 10.6. The topological polar surface area (TPSA) is 21.3 Å². The molecule has 100 valence electrons. The monoisotopic (exact) mass is 255 g/mol. The molecule has 0 radical (unpaired) electrons. The average Bonchev–Trinajstić information content (AvgIpc) is 2.80. The van der Waals surface area contributed by atoms with Crippen molar-refractivity contribution in [2.75, 3.05) is 26.3 Å². The van der Waals surface area contributed by atoms with Crippen molar-refractivity contribution < 1.29 is 13.5 Å². The van der Waals surface area contributed by atoms with Crippen molar-refractivity contribution in [2.24, 2.45) is 5.41 Å². The Morgan fingerprint density at radius 2 is 2.22 bits per heavy atom. The van der Waals surface area contributed by atoms with Crippen molar-refractivity contribution in [3.63, 3.8) is 0 Å². The predicted octanol–water partition coefficient (Wildman–Crippen LogP) is 2.52. The van der Waals surface area contributed by atoms with E-state index in [0.717, 1.165) is 25.6 Å². The fourth-order valence-electron chi connectivity index (χ4n) is 2.46. The van der Waals surface area contributed by atoms with Gasteiger partial charge in [-0.25, -0.2) is 8.78 Å². The van der Waals surface area contributed by atoms with Crippen LogP contribution in [0.3, 0.4) is 0 Å². The molecule has 1 fully saturated rings. The highest BCUT2D eigenvalue weighted by Gasteiger charge is 2.35. The molecule has 0 bridgehead atoms. The Morgan fingerprint density at radius 3 is 2.89 bits per heavy atom. The Bertz CT molecular complexity index is 403. The second-order valence-electron chi connectivity index (χ2n) is 5.00. The molecule has 2 nitrogen and oxygen atoms in total. The van der Waals surface area contributed by atoms with Gasteiger partial charge in [0, 0.05) is 18.6 Å². The molecule has 2 rings (SSSR count). The van der Waals surface area contributed by atoms with Gasteiger partial charge in [-0.3, -0.25) is 0 Å². The number of halogens is 2. The molecule has 1 aliphatic rings. The second-order valence-corrected chi connectivity index (χ2v) is 5.00. The quantitative estimate of drug-likeness (QED) is 0.873. The molecule has 1 heterocycles. The maximum absolute atomic E-state index is 13.7. The summed E-state index contributed by atoms with van der Waals surface area (Å²) in [5.74, 6) is -0.719. The summed E-state index contributed by atoms with van der Waals surface area (Å²) in [5, 5.41) is 3.29. The molecule has 0 amide bonds. The van der Waals surface area contributed by atoms with Crippen LogP contribution in [0, 0.1) is 17.0 Å². The zero-order chi connectivity index (χ0) is 13.0. The fraction of sp³-hybridized carbons (Fsp3) is 0.571. The van der Waals surface area contributed by atoms with Crippen LogP contribution in [0.4, 0.5) is 8.78 Å². The summed E-state index contributed by atoms with van der Waals surface area (Å²) in [6, 6.07) is 3.64. The van der Waals surface area contributed by atoms with Crippen molar-refractivity contribution in [2.45, 2.75) is 19.8 Å². The Balaban J connectivity index is 2.15. The lowest BCUT2D eigenvalue weighted by molar-refractivity contribution is 0.149. The molecule has 1 N–H and O–H groups in total. The third-order valence-electron chi connectivity index (χ3n) is 3.51. The normalized spacial score (nSPS) is 23.5. The molecule has 1 unspecified atom stereocenters. The number of hydrogen-bond acceptors (Lipinski definition) is 2. The highest BCUT2D eigenvalue weighted by Crippen LogP contribution is 2.33. The lowest BCUT2D eigenvalue weighted by Crippen LogP contribution is -2.37. The Kier molecular flexibility index (Phi) is 4.30. The van der Waals surface area contributed by atoms with Crippen molar-refractivity contribution in [3.05, 3.63) is 35.4 Å². The van der Waals surface area contributed by atoms with E-state index in [1.807, 2.05) is 6.92 Å². The fourth-order valence-corrected chi connectivity index (χ4v) is 2.46. The van der Waals surface area contributed by atoms with E-state index in [0.29, 0.717) is 25.2 Å². The SMILES string of the molecule is CCNCC1(Cc2cc(F)ccc2F)CCOC1. The minimum Gasteiger partial charge on any atom is -0.381 e. The second kappa shape index (κ2) is 5.76. The van der Waals surface area contributed by atoms with Gasteiger partial charge in [-0.1, -0.05) is 6.92 Å². The van der Waals surface area contributed by atoms with Crippen LogP contribution in [-0.4, -0.2) is 26.3 Å². The Hall–Kier alpha value is -1.00. The number of benzene rings is 1. The molecule has 1 aromatic rings. The average molecular weight is 255 g/mol. The van der Waals surface area contributed by atoms with Gasteiger partial charge in [-0.15, -0.1) is 0 Å². The summed E-state index contributed by atoms with van der Waals surface area (Å²) in [6.07, 6.45) is 1.40. The molecule has 4 heteroatoms. The molecule has 1 atom stereocenters. The summed E-state index contributed by atoms with van der Waals surface area (Å²) in [7, 11) is 0. The lowest BCUT2D eigenvalue weighted by atomic mass is 9.80. The smallest absolute Gasteiger partial charge is 0.126 e. The summed E-state index contributed by atoms with van der Waals surface area (Å²) in [6.45, 7) is 4.98. The summed E-state index contributed by atoms with van der Waals surface area (Å²) >= 11 is 0. The molecule has 18 heavy (non-hydrogen) atoms. The van der Waals surface area contributed by atoms with E-state index in [1.165, 1.54) is 12.1 Å². The highest BCUT2D eigenvalue weighted by molar-refractivity contribution is 5.21. The first kappa shape index (κ1) is 13.4. The summed E-state index contributed by atoms with van der Waals surface area (Å²) in [5.41, 5.74) is 0.336. The minimum atomic E-state index is -0.385. The van der Waals surface area contributed by atoms with Gasteiger partial charge in [0.05, 0.1) is 6.61 Å². The third kappa shape index (κ3) is 3.06. The van der Waals surface area contributed by atoms with E-state index in [9.17, 15) is 8.78 Å². The molecular formula is C14H19F2NO. The highest BCUT2D eigenvalue weighted by atomic mass is 19.1. The van der Waals surface area contributed by atoms with E-state index in [2.05, 4.69) is 5.32 Å². The first-order chi connectivity index (χ1) is 8.65. The molecular weight excluding hydrogens is 236 g/mol. The molecule has 0 saturated carbocycles. The summed E-state index contributed by atoms with van der Waals surface area (Å²) < 4.78 is 32.3. The molecule has 0 spiro atoms. The molecule has 1 aliphatic heterocycles. The van der Waals surface area contributed by atoms with E-state index < -0.39 is 0 Å². The maximum atomic E-state index is 13.7. The van der Waals surface area contributed by atoms with Crippen LogP contribution < -0.4 is 5.32 Å². The molecule has 1 aromatic carbocycles. The zero-order valence-electron chi connectivity index (χ0n) is 10.6.